The van der Waals surface area contributed by atoms with E-state index in [2.05, 4.69) is 14.7 Å². The molecule has 22 heavy (non-hydrogen) atoms. The lowest BCUT2D eigenvalue weighted by Crippen LogP contribution is -2.23. The number of aromatic nitrogens is 2. The van der Waals surface area contributed by atoms with Crippen LogP contribution in [0.2, 0.25) is 0 Å². The second-order valence-corrected chi connectivity index (χ2v) is 6.34. The molecule has 0 radical (unpaired) electrons. The summed E-state index contributed by atoms with van der Waals surface area (Å²) in [7, 11) is -3.59. The minimum atomic E-state index is -3.59. The average Bonchev–Trinajstić information content (AvgIpc) is 3.09. The summed E-state index contributed by atoms with van der Waals surface area (Å²) < 4.78 is 32.1. The van der Waals surface area contributed by atoms with Crippen LogP contribution in [0.25, 0.3) is 11.3 Å². The number of rotatable bonds is 5. The molecule has 0 bridgehead atoms. The molecule has 0 atom stereocenters. The maximum Gasteiger partial charge on any atom is 0.242 e. The molecule has 0 saturated heterocycles. The van der Waals surface area contributed by atoms with Gasteiger partial charge in [-0.2, -0.15) is 0 Å². The van der Waals surface area contributed by atoms with E-state index in [1.807, 2.05) is 12.1 Å². The molecule has 0 saturated carbocycles. The topological polar surface area (TPSA) is 85.1 Å². The van der Waals surface area contributed by atoms with Gasteiger partial charge in [0.1, 0.15) is 10.7 Å². The van der Waals surface area contributed by atoms with Crippen molar-refractivity contribution in [3.8, 4) is 11.3 Å². The van der Waals surface area contributed by atoms with Crippen molar-refractivity contribution >= 4 is 10.0 Å². The van der Waals surface area contributed by atoms with Crippen LogP contribution in [0, 0.1) is 0 Å². The van der Waals surface area contributed by atoms with Crippen molar-refractivity contribution in [3.63, 3.8) is 0 Å². The fraction of sp³-hybridized carbons (Fsp3) is 0.0667. The molecule has 112 valence electrons. The fourth-order valence-electron chi connectivity index (χ4n) is 1.93. The highest BCUT2D eigenvalue weighted by molar-refractivity contribution is 7.89. The quantitative estimate of drug-likeness (QED) is 0.780. The fourth-order valence-corrected chi connectivity index (χ4v) is 2.91. The second kappa shape index (κ2) is 6.08. The molecule has 3 rings (SSSR count). The molecule has 0 spiro atoms. The Morgan fingerprint density at radius 3 is 2.73 bits per heavy atom. The third kappa shape index (κ3) is 3.21. The number of nitrogens with one attached hydrogen (secondary N) is 1. The van der Waals surface area contributed by atoms with Crippen molar-refractivity contribution in [2.45, 2.75) is 11.4 Å². The monoisotopic (exact) mass is 315 g/mol. The van der Waals surface area contributed by atoms with Gasteiger partial charge in [0.05, 0.1) is 6.26 Å². The third-order valence-corrected chi connectivity index (χ3v) is 4.40. The van der Waals surface area contributed by atoms with Gasteiger partial charge in [-0.3, -0.25) is 9.97 Å². The summed E-state index contributed by atoms with van der Waals surface area (Å²) in [5, 5.41) is 0. The molecule has 6 nitrogen and oxygen atoms in total. The first-order valence-corrected chi connectivity index (χ1v) is 8.01. The maximum absolute atomic E-state index is 12.1. The zero-order valence-electron chi connectivity index (χ0n) is 11.5. The van der Waals surface area contributed by atoms with Gasteiger partial charge in [-0.1, -0.05) is 0 Å². The Balaban J connectivity index is 1.76. The van der Waals surface area contributed by atoms with Gasteiger partial charge in [0.15, 0.2) is 0 Å². The van der Waals surface area contributed by atoms with Gasteiger partial charge in [-0.05, 0) is 35.9 Å². The summed E-state index contributed by atoms with van der Waals surface area (Å²) in [6.07, 6.45) is 7.68. The van der Waals surface area contributed by atoms with Crippen molar-refractivity contribution in [1.82, 2.24) is 14.7 Å². The van der Waals surface area contributed by atoms with Crippen molar-refractivity contribution in [3.05, 3.63) is 66.9 Å². The van der Waals surface area contributed by atoms with Crippen LogP contribution in [-0.4, -0.2) is 18.4 Å². The van der Waals surface area contributed by atoms with Gasteiger partial charge in [0.25, 0.3) is 0 Å². The minimum Gasteiger partial charge on any atom is -0.464 e. The van der Waals surface area contributed by atoms with Gasteiger partial charge < -0.3 is 4.42 Å². The van der Waals surface area contributed by atoms with Crippen molar-refractivity contribution in [1.29, 1.82) is 0 Å². The summed E-state index contributed by atoms with van der Waals surface area (Å²) >= 11 is 0. The molecular weight excluding hydrogens is 302 g/mol. The normalized spacial score (nSPS) is 11.5. The zero-order valence-corrected chi connectivity index (χ0v) is 12.3. The van der Waals surface area contributed by atoms with E-state index in [-0.39, 0.29) is 11.4 Å². The second-order valence-electron chi connectivity index (χ2n) is 4.57. The van der Waals surface area contributed by atoms with Crippen LogP contribution in [0.4, 0.5) is 0 Å². The first-order valence-electron chi connectivity index (χ1n) is 6.53. The Bertz CT molecular complexity index is 847. The largest absolute Gasteiger partial charge is 0.464 e. The number of hydrogen-bond acceptors (Lipinski definition) is 5. The molecule has 3 aromatic rings. The summed E-state index contributed by atoms with van der Waals surface area (Å²) in [6.45, 7) is 0.138. The first-order chi connectivity index (χ1) is 10.6. The van der Waals surface area contributed by atoms with Gasteiger partial charge in [-0.15, -0.1) is 0 Å². The van der Waals surface area contributed by atoms with Crippen LogP contribution >= 0.6 is 0 Å². The molecule has 0 fully saturated rings. The molecule has 7 heteroatoms. The van der Waals surface area contributed by atoms with E-state index in [4.69, 9.17) is 4.42 Å². The molecule has 3 aromatic heterocycles. The van der Waals surface area contributed by atoms with E-state index < -0.39 is 10.0 Å². The smallest absolute Gasteiger partial charge is 0.242 e. The summed E-state index contributed by atoms with van der Waals surface area (Å²) in [4.78, 5) is 8.05. The predicted octanol–water partition coefficient (Wildman–Crippen LogP) is 2.22. The molecule has 3 heterocycles. The highest BCUT2D eigenvalue weighted by Crippen LogP contribution is 2.19. The van der Waals surface area contributed by atoms with E-state index >= 15 is 0 Å². The van der Waals surface area contributed by atoms with Crippen molar-refractivity contribution in [2.75, 3.05) is 0 Å². The highest BCUT2D eigenvalue weighted by Gasteiger charge is 2.13. The SMILES string of the molecule is O=S(=O)(NCc1cncc(-c2ccco2)c1)c1cccnc1. The van der Waals surface area contributed by atoms with Crippen LogP contribution < -0.4 is 4.72 Å². The van der Waals surface area contributed by atoms with Crippen LogP contribution in [0.5, 0.6) is 0 Å². The van der Waals surface area contributed by atoms with Crippen molar-refractivity contribution < 1.29 is 12.8 Å². The van der Waals surface area contributed by atoms with E-state index in [0.29, 0.717) is 5.76 Å². The summed E-state index contributed by atoms with van der Waals surface area (Å²) in [5.74, 6) is 0.685. The van der Waals surface area contributed by atoms with E-state index in [9.17, 15) is 8.42 Å². The standard InChI is InChI=1S/C15H13N3O3S/c19-22(20,14-3-1-5-16-11-14)18-9-12-7-13(10-17-8-12)15-4-2-6-21-15/h1-8,10-11,18H,9H2. The van der Waals surface area contributed by atoms with Crippen LogP contribution in [0.1, 0.15) is 5.56 Å². The number of hydrogen-bond donors (Lipinski definition) is 1. The Morgan fingerprint density at radius 2 is 2.00 bits per heavy atom. The first kappa shape index (κ1) is 14.4. The number of pyridine rings is 2. The lowest BCUT2D eigenvalue weighted by Gasteiger charge is -2.07. The van der Waals surface area contributed by atoms with Gasteiger partial charge in [0.2, 0.25) is 10.0 Å². The third-order valence-electron chi connectivity index (χ3n) is 3.01. The van der Waals surface area contributed by atoms with E-state index in [0.717, 1.165) is 11.1 Å². The highest BCUT2D eigenvalue weighted by atomic mass is 32.2. The van der Waals surface area contributed by atoms with Crippen molar-refractivity contribution in [2.24, 2.45) is 0 Å². The van der Waals surface area contributed by atoms with Crippen LogP contribution in [0.3, 0.4) is 0 Å². The number of sulfonamides is 1. The lowest BCUT2D eigenvalue weighted by atomic mass is 10.2. The minimum absolute atomic E-state index is 0.130. The number of nitrogens with zero attached hydrogens (tertiary/aromatic N) is 2. The zero-order chi connectivity index (χ0) is 15.4. The van der Waals surface area contributed by atoms with Gasteiger partial charge in [-0.25, -0.2) is 13.1 Å². The Labute approximate surface area is 127 Å². The summed E-state index contributed by atoms with van der Waals surface area (Å²) in [6, 6.07) is 8.51. The molecule has 1 N–H and O–H groups in total. The van der Waals surface area contributed by atoms with Gasteiger partial charge in [0, 0.05) is 36.9 Å². The average molecular weight is 315 g/mol. The Kier molecular flexibility index (Phi) is 3.99. The molecule has 0 aliphatic heterocycles. The Morgan fingerprint density at radius 1 is 1.09 bits per heavy atom. The molecule has 0 aliphatic carbocycles. The molecule has 0 aromatic carbocycles. The molecule has 0 amide bonds. The number of furan rings is 1. The van der Waals surface area contributed by atoms with E-state index in [1.54, 1.807) is 30.8 Å². The molecule has 0 unspecified atom stereocenters. The van der Waals surface area contributed by atoms with Crippen LogP contribution in [0.15, 0.2) is 70.7 Å². The predicted molar refractivity (Wildman–Crippen MR) is 80.2 cm³/mol. The maximum atomic E-state index is 12.1. The molecule has 0 aliphatic rings. The van der Waals surface area contributed by atoms with Gasteiger partial charge >= 0.3 is 0 Å². The molecular formula is C15H13N3O3S. The van der Waals surface area contributed by atoms with Crippen LogP contribution in [-0.2, 0) is 16.6 Å². The lowest BCUT2D eigenvalue weighted by molar-refractivity contribution is 0.580. The van der Waals surface area contributed by atoms with E-state index in [1.165, 1.54) is 18.5 Å². The summed E-state index contributed by atoms with van der Waals surface area (Å²) in [5.41, 5.74) is 1.53. The Hall–Kier alpha value is -2.51.